The van der Waals surface area contributed by atoms with Crippen LogP contribution in [0.2, 0.25) is 0 Å². The number of aliphatic carboxylic acids is 1. The van der Waals surface area contributed by atoms with Crippen LogP contribution in [0, 0.1) is 0 Å². The predicted octanol–water partition coefficient (Wildman–Crippen LogP) is 2.11. The van der Waals surface area contributed by atoms with Crippen molar-refractivity contribution in [1.29, 1.82) is 0 Å². The third-order valence-corrected chi connectivity index (χ3v) is 4.15. The van der Waals surface area contributed by atoms with Crippen LogP contribution in [-0.4, -0.2) is 47.3 Å². The molecular formula is C15H17NO6S. The number of ketones is 1. The lowest BCUT2D eigenvalue weighted by Gasteiger charge is -2.08. The molecule has 0 aliphatic rings. The minimum Gasteiger partial charge on any atom is -0.491 e. The second-order valence-corrected chi connectivity index (χ2v) is 5.82. The van der Waals surface area contributed by atoms with Gasteiger partial charge < -0.3 is 19.7 Å². The van der Waals surface area contributed by atoms with Crippen LogP contribution in [0.1, 0.15) is 28.9 Å². The van der Waals surface area contributed by atoms with Crippen molar-refractivity contribution < 1.29 is 29.3 Å². The number of rotatable bonds is 9. The molecule has 0 fully saturated rings. The molecule has 0 aliphatic carbocycles. The summed E-state index contributed by atoms with van der Waals surface area (Å²) in [6.07, 6.45) is 0.240. The molecule has 7 nitrogen and oxygen atoms in total. The number of carbonyl (C=O) groups is 2. The molecule has 2 aromatic heterocycles. The predicted molar refractivity (Wildman–Crippen MR) is 84.6 cm³/mol. The van der Waals surface area contributed by atoms with Gasteiger partial charge in [-0.25, -0.2) is 4.98 Å². The molecule has 0 bridgehead atoms. The van der Waals surface area contributed by atoms with Gasteiger partial charge in [-0.1, -0.05) is 0 Å². The average Bonchev–Trinajstić information content (AvgIpc) is 2.94. The van der Waals surface area contributed by atoms with E-state index in [0.29, 0.717) is 35.1 Å². The lowest BCUT2D eigenvalue weighted by molar-refractivity contribution is -0.136. The maximum absolute atomic E-state index is 12.0. The zero-order chi connectivity index (χ0) is 16.8. The summed E-state index contributed by atoms with van der Waals surface area (Å²) in [4.78, 5) is 27.3. The highest BCUT2D eigenvalue weighted by Crippen LogP contribution is 2.34. The fraction of sp³-hybridized carbons (Fsp3) is 0.400. The Morgan fingerprint density at radius 2 is 2.09 bits per heavy atom. The van der Waals surface area contributed by atoms with E-state index in [1.54, 1.807) is 12.1 Å². The van der Waals surface area contributed by atoms with Gasteiger partial charge in [0.25, 0.3) is 5.88 Å². The first-order chi connectivity index (χ1) is 11.0. The Hall–Kier alpha value is -2.19. The first-order valence-corrected chi connectivity index (χ1v) is 7.84. The van der Waals surface area contributed by atoms with E-state index in [1.165, 1.54) is 18.4 Å². The van der Waals surface area contributed by atoms with E-state index in [1.807, 2.05) is 0 Å². The Bertz CT molecular complexity index is 711. The maximum atomic E-state index is 12.0. The van der Waals surface area contributed by atoms with Crippen LogP contribution < -0.4 is 9.47 Å². The second kappa shape index (κ2) is 7.89. The normalized spacial score (nSPS) is 10.7. The molecule has 0 spiro atoms. The van der Waals surface area contributed by atoms with Gasteiger partial charge in [0.2, 0.25) is 0 Å². The summed E-state index contributed by atoms with van der Waals surface area (Å²) in [5.41, 5.74) is 0.591. The Labute approximate surface area is 136 Å². The van der Waals surface area contributed by atoms with Crippen molar-refractivity contribution in [3.05, 3.63) is 17.0 Å². The number of carbonyl (C=O) groups excluding carboxylic acids is 1. The number of carboxylic acids is 1. The SMILES string of the molecule is COc1cc2sc(C(=O)CCC(=O)O)cc2nc1OCCCO. The number of aromatic nitrogens is 1. The Morgan fingerprint density at radius 3 is 2.74 bits per heavy atom. The summed E-state index contributed by atoms with van der Waals surface area (Å²) in [7, 11) is 1.49. The Morgan fingerprint density at radius 1 is 1.30 bits per heavy atom. The van der Waals surface area contributed by atoms with Crippen molar-refractivity contribution >= 4 is 33.3 Å². The van der Waals surface area contributed by atoms with Gasteiger partial charge in [-0.2, -0.15) is 0 Å². The van der Waals surface area contributed by atoms with Crippen molar-refractivity contribution in [3.8, 4) is 11.6 Å². The number of aliphatic hydroxyl groups excluding tert-OH is 1. The zero-order valence-corrected chi connectivity index (χ0v) is 13.4. The van der Waals surface area contributed by atoms with Crippen LogP contribution in [0.5, 0.6) is 11.6 Å². The molecule has 0 saturated heterocycles. The van der Waals surface area contributed by atoms with E-state index in [2.05, 4.69) is 4.98 Å². The lowest BCUT2D eigenvalue weighted by atomic mass is 10.2. The molecule has 2 aromatic rings. The van der Waals surface area contributed by atoms with Crippen LogP contribution >= 0.6 is 11.3 Å². The van der Waals surface area contributed by atoms with Crippen LogP contribution in [0.4, 0.5) is 0 Å². The van der Waals surface area contributed by atoms with Gasteiger partial charge in [0.05, 0.1) is 35.2 Å². The molecule has 2 N–H and O–H groups in total. The van der Waals surface area contributed by atoms with E-state index in [9.17, 15) is 9.59 Å². The first-order valence-electron chi connectivity index (χ1n) is 7.02. The van der Waals surface area contributed by atoms with Crippen LogP contribution in [0.15, 0.2) is 12.1 Å². The minimum absolute atomic E-state index is 0.0191. The smallest absolute Gasteiger partial charge is 0.303 e. The average molecular weight is 339 g/mol. The number of carboxylic acid groups (broad SMARTS) is 1. The number of hydrogen-bond donors (Lipinski definition) is 2. The molecule has 124 valence electrons. The van der Waals surface area contributed by atoms with Crippen LogP contribution in [0.25, 0.3) is 10.2 Å². The Balaban J connectivity index is 2.24. The van der Waals surface area contributed by atoms with Crippen molar-refractivity contribution in [2.75, 3.05) is 20.3 Å². The highest BCUT2D eigenvalue weighted by molar-refractivity contribution is 7.20. The number of nitrogens with zero attached hydrogens (tertiary/aromatic N) is 1. The molecule has 2 heterocycles. The highest BCUT2D eigenvalue weighted by Gasteiger charge is 2.16. The third-order valence-electron chi connectivity index (χ3n) is 3.04. The molecule has 0 saturated carbocycles. The number of fused-ring (bicyclic) bond motifs is 1. The van der Waals surface area contributed by atoms with Gasteiger partial charge in [0.1, 0.15) is 0 Å². The van der Waals surface area contributed by atoms with Crippen molar-refractivity contribution in [2.24, 2.45) is 0 Å². The topological polar surface area (TPSA) is 106 Å². The Kier molecular flexibility index (Phi) is 5.89. The second-order valence-electron chi connectivity index (χ2n) is 4.73. The molecule has 0 amide bonds. The first kappa shape index (κ1) is 17.2. The molecule has 0 unspecified atom stereocenters. The largest absolute Gasteiger partial charge is 0.491 e. The number of ether oxygens (including phenoxy) is 2. The molecule has 8 heteroatoms. The number of aliphatic hydroxyl groups is 1. The molecule has 0 aromatic carbocycles. The summed E-state index contributed by atoms with van der Waals surface area (Å²) in [6, 6.07) is 3.36. The summed E-state index contributed by atoms with van der Waals surface area (Å²) in [5, 5.41) is 17.4. The summed E-state index contributed by atoms with van der Waals surface area (Å²) < 4.78 is 11.5. The molecule has 0 aliphatic heterocycles. The number of Topliss-reactive ketones (excluding diaryl/α,β-unsaturated/α-hetero) is 1. The van der Waals surface area contributed by atoms with Gasteiger partial charge >= 0.3 is 5.97 Å². The third kappa shape index (κ3) is 4.40. The van der Waals surface area contributed by atoms with Gasteiger partial charge in [-0.05, 0) is 6.07 Å². The number of methoxy groups -OCH3 is 1. The van der Waals surface area contributed by atoms with E-state index < -0.39 is 5.97 Å². The molecule has 0 atom stereocenters. The number of thiophene rings is 1. The van der Waals surface area contributed by atoms with Gasteiger partial charge in [0.15, 0.2) is 11.5 Å². The molecule has 0 radical (unpaired) electrons. The van der Waals surface area contributed by atoms with Crippen molar-refractivity contribution in [3.63, 3.8) is 0 Å². The lowest BCUT2D eigenvalue weighted by Crippen LogP contribution is -2.03. The fourth-order valence-corrected chi connectivity index (χ4v) is 2.89. The van der Waals surface area contributed by atoms with E-state index in [0.717, 1.165) is 4.70 Å². The van der Waals surface area contributed by atoms with Crippen molar-refractivity contribution in [1.82, 2.24) is 4.98 Å². The maximum Gasteiger partial charge on any atom is 0.303 e. The quantitative estimate of drug-likeness (QED) is 0.532. The van der Waals surface area contributed by atoms with Gasteiger partial charge in [0, 0.05) is 25.5 Å². The van der Waals surface area contributed by atoms with Crippen LogP contribution in [0.3, 0.4) is 0 Å². The minimum atomic E-state index is -1.00. The molecule has 2 rings (SSSR count). The van der Waals surface area contributed by atoms with Crippen molar-refractivity contribution in [2.45, 2.75) is 19.3 Å². The molecular weight excluding hydrogens is 322 g/mol. The van der Waals surface area contributed by atoms with Crippen LogP contribution in [-0.2, 0) is 4.79 Å². The fourth-order valence-electron chi connectivity index (χ4n) is 1.90. The van der Waals surface area contributed by atoms with Gasteiger partial charge in [-0.15, -0.1) is 11.3 Å². The van der Waals surface area contributed by atoms with E-state index in [-0.39, 0.29) is 25.2 Å². The zero-order valence-electron chi connectivity index (χ0n) is 12.6. The summed E-state index contributed by atoms with van der Waals surface area (Å²) >= 11 is 1.24. The van der Waals surface area contributed by atoms with E-state index >= 15 is 0 Å². The summed E-state index contributed by atoms with van der Waals surface area (Å²) in [6.45, 7) is 0.325. The number of hydrogen-bond acceptors (Lipinski definition) is 7. The number of pyridine rings is 1. The monoisotopic (exact) mass is 339 g/mol. The van der Waals surface area contributed by atoms with Gasteiger partial charge in [-0.3, -0.25) is 9.59 Å². The highest BCUT2D eigenvalue weighted by atomic mass is 32.1. The molecule has 23 heavy (non-hydrogen) atoms. The van der Waals surface area contributed by atoms with E-state index in [4.69, 9.17) is 19.7 Å². The summed E-state index contributed by atoms with van der Waals surface area (Å²) in [5.74, 6) is -0.478. The standard InChI is InChI=1S/C15H17NO6S/c1-21-11-8-12-9(16-15(11)22-6-2-5-17)7-13(23-12)10(18)3-4-14(19)20/h7-8,17H,2-6H2,1H3,(H,19,20).